The highest BCUT2D eigenvalue weighted by Gasteiger charge is 2.49. The number of ether oxygens (including phenoxy) is 2. The average molecular weight is 463 g/mol. The molecule has 33 heavy (non-hydrogen) atoms. The Hall–Kier alpha value is -1.66. The van der Waals surface area contributed by atoms with Crippen molar-refractivity contribution in [3.05, 3.63) is 23.8 Å². The van der Waals surface area contributed by atoms with Gasteiger partial charge < -0.3 is 19.7 Å². The van der Waals surface area contributed by atoms with E-state index in [2.05, 4.69) is 32.1 Å². The number of esters is 2. The van der Waals surface area contributed by atoms with Crippen LogP contribution in [0.2, 0.25) is 0 Å². The van der Waals surface area contributed by atoms with Crippen LogP contribution >= 0.6 is 0 Å². The Morgan fingerprint density at radius 1 is 1.27 bits per heavy atom. The van der Waals surface area contributed by atoms with Crippen LogP contribution in [0.3, 0.4) is 0 Å². The minimum Gasteiger partial charge on any atom is -0.462 e. The van der Waals surface area contributed by atoms with Gasteiger partial charge in [-0.3, -0.25) is 9.59 Å². The molecule has 1 heterocycles. The number of hydrogen-bond acceptors (Lipinski definition) is 6. The summed E-state index contributed by atoms with van der Waals surface area (Å²) in [5, 5.41) is 20.7. The van der Waals surface area contributed by atoms with Gasteiger partial charge in [-0.1, -0.05) is 39.0 Å². The average Bonchev–Trinajstić information content (AvgIpc) is 2.72. The normalized spacial score (nSPS) is 37.6. The van der Waals surface area contributed by atoms with Crippen LogP contribution < -0.4 is 0 Å². The molecule has 0 unspecified atom stereocenters. The molecule has 1 aliphatic heterocycles. The molecule has 6 heteroatoms. The summed E-state index contributed by atoms with van der Waals surface area (Å²) in [6.45, 7) is 11.8. The van der Waals surface area contributed by atoms with Crippen molar-refractivity contribution in [1.29, 1.82) is 0 Å². The molecule has 0 saturated carbocycles. The molecule has 2 N–H and O–H groups in total. The molecule has 1 fully saturated rings. The van der Waals surface area contributed by atoms with Crippen LogP contribution in [0.1, 0.15) is 73.6 Å². The number of allylic oxidation sites excluding steroid dienone is 3. The first-order valence-electron chi connectivity index (χ1n) is 12.6. The summed E-state index contributed by atoms with van der Waals surface area (Å²) in [6, 6.07) is 0. The Labute approximate surface area is 198 Å². The monoisotopic (exact) mass is 462 g/mol. The Morgan fingerprint density at radius 2 is 1.97 bits per heavy atom. The highest BCUT2D eigenvalue weighted by Crippen LogP contribution is 2.48. The summed E-state index contributed by atoms with van der Waals surface area (Å²) in [5.74, 6) is -0.279. The van der Waals surface area contributed by atoms with Gasteiger partial charge in [0.2, 0.25) is 0 Å². The van der Waals surface area contributed by atoms with E-state index in [1.54, 1.807) is 6.92 Å². The minimum atomic E-state index is -0.643. The van der Waals surface area contributed by atoms with E-state index in [4.69, 9.17) is 9.47 Å². The number of carbonyl (C=O) groups is 2. The van der Waals surface area contributed by atoms with Gasteiger partial charge in [-0.25, -0.2) is 0 Å². The van der Waals surface area contributed by atoms with Crippen LogP contribution in [0.15, 0.2) is 23.8 Å². The summed E-state index contributed by atoms with van der Waals surface area (Å²) < 4.78 is 11.8. The van der Waals surface area contributed by atoms with Gasteiger partial charge >= 0.3 is 11.9 Å². The Morgan fingerprint density at radius 3 is 2.58 bits per heavy atom. The molecule has 3 aliphatic rings. The van der Waals surface area contributed by atoms with E-state index in [0.717, 1.165) is 12.0 Å². The zero-order valence-electron chi connectivity index (χ0n) is 21.0. The molecule has 0 bridgehead atoms. The highest BCUT2D eigenvalue weighted by atomic mass is 16.6. The smallest absolute Gasteiger partial charge is 0.311 e. The number of carbonyl (C=O) groups excluding carboxylic acids is 2. The zero-order valence-corrected chi connectivity index (χ0v) is 21.0. The van der Waals surface area contributed by atoms with Crippen molar-refractivity contribution in [2.75, 3.05) is 0 Å². The van der Waals surface area contributed by atoms with Crippen molar-refractivity contribution < 1.29 is 29.3 Å². The summed E-state index contributed by atoms with van der Waals surface area (Å²) in [4.78, 5) is 24.9. The lowest BCUT2D eigenvalue weighted by Gasteiger charge is -2.48. The Balaban J connectivity index is 1.89. The lowest BCUT2D eigenvalue weighted by atomic mass is 9.61. The van der Waals surface area contributed by atoms with Crippen LogP contribution in [0.5, 0.6) is 0 Å². The molecule has 0 aromatic rings. The predicted octanol–water partition coefficient (Wildman–Crippen LogP) is 4.19. The van der Waals surface area contributed by atoms with Gasteiger partial charge in [-0.05, 0) is 63.4 Å². The van der Waals surface area contributed by atoms with E-state index in [0.29, 0.717) is 19.3 Å². The molecule has 0 amide bonds. The maximum absolute atomic E-state index is 13.2. The number of fused-ring (bicyclic) bond motifs is 1. The molecule has 2 aliphatic carbocycles. The van der Waals surface area contributed by atoms with Gasteiger partial charge in [0.05, 0.1) is 24.0 Å². The lowest BCUT2D eigenvalue weighted by molar-refractivity contribution is -0.173. The van der Waals surface area contributed by atoms with Gasteiger partial charge in [0, 0.05) is 18.3 Å². The van der Waals surface area contributed by atoms with Crippen LogP contribution in [0.4, 0.5) is 0 Å². The molecule has 0 spiro atoms. The molecule has 6 nitrogen and oxygen atoms in total. The van der Waals surface area contributed by atoms with E-state index in [1.165, 1.54) is 0 Å². The van der Waals surface area contributed by atoms with Gasteiger partial charge in [-0.15, -0.1) is 0 Å². The third-order valence-corrected chi connectivity index (χ3v) is 8.20. The molecule has 186 valence electrons. The second-order valence-corrected chi connectivity index (χ2v) is 11.1. The molecule has 0 aromatic carbocycles. The van der Waals surface area contributed by atoms with E-state index >= 15 is 0 Å². The number of aliphatic hydroxyl groups excluding tert-OH is 2. The van der Waals surface area contributed by atoms with Crippen LogP contribution in [-0.2, 0) is 19.1 Å². The van der Waals surface area contributed by atoms with Gasteiger partial charge in [0.1, 0.15) is 12.2 Å². The third-order valence-electron chi connectivity index (χ3n) is 8.20. The largest absolute Gasteiger partial charge is 0.462 e. The van der Waals surface area contributed by atoms with Gasteiger partial charge in [0.15, 0.2) is 0 Å². The van der Waals surface area contributed by atoms with E-state index in [1.807, 2.05) is 20.8 Å². The first-order chi connectivity index (χ1) is 15.4. The summed E-state index contributed by atoms with van der Waals surface area (Å²) in [7, 11) is 0. The summed E-state index contributed by atoms with van der Waals surface area (Å²) in [6.07, 6.45) is 7.25. The predicted molar refractivity (Wildman–Crippen MR) is 126 cm³/mol. The minimum absolute atomic E-state index is 0.0263. The van der Waals surface area contributed by atoms with Crippen molar-refractivity contribution in [2.45, 2.75) is 98.1 Å². The number of aliphatic hydroxyl groups is 2. The Bertz CT molecular complexity index is 781. The van der Waals surface area contributed by atoms with Crippen molar-refractivity contribution in [3.8, 4) is 0 Å². The molecule has 0 radical (unpaired) electrons. The fourth-order valence-corrected chi connectivity index (χ4v) is 5.80. The molecular weight excluding hydrogens is 420 g/mol. The van der Waals surface area contributed by atoms with Crippen molar-refractivity contribution in [2.24, 2.45) is 35.0 Å². The molecule has 0 aromatic heterocycles. The van der Waals surface area contributed by atoms with E-state index < -0.39 is 23.7 Å². The third kappa shape index (κ3) is 5.71. The van der Waals surface area contributed by atoms with Gasteiger partial charge in [-0.2, -0.15) is 0 Å². The lowest BCUT2D eigenvalue weighted by Crippen LogP contribution is -2.50. The topological polar surface area (TPSA) is 93.1 Å². The molecule has 9 atom stereocenters. The maximum Gasteiger partial charge on any atom is 0.311 e. The second-order valence-electron chi connectivity index (χ2n) is 11.1. The van der Waals surface area contributed by atoms with Crippen LogP contribution in [-0.4, -0.2) is 46.6 Å². The molecule has 3 rings (SSSR count). The maximum atomic E-state index is 13.2. The fraction of sp³-hybridized carbons (Fsp3) is 0.778. The number of hydrogen-bond donors (Lipinski definition) is 2. The first kappa shape index (κ1) is 26.0. The summed E-state index contributed by atoms with van der Waals surface area (Å²) >= 11 is 0. The van der Waals surface area contributed by atoms with Gasteiger partial charge in [0.25, 0.3) is 0 Å². The van der Waals surface area contributed by atoms with E-state index in [-0.39, 0.29) is 54.1 Å². The van der Waals surface area contributed by atoms with Crippen molar-refractivity contribution in [3.63, 3.8) is 0 Å². The Kier molecular flexibility index (Phi) is 8.11. The molecular formula is C27H42O6. The second kappa shape index (κ2) is 10.3. The van der Waals surface area contributed by atoms with Crippen molar-refractivity contribution in [1.82, 2.24) is 0 Å². The number of cyclic esters (lactones) is 1. The summed E-state index contributed by atoms with van der Waals surface area (Å²) in [5.41, 5.74) is 0.571. The van der Waals surface area contributed by atoms with Crippen LogP contribution in [0, 0.1) is 35.0 Å². The fourth-order valence-electron chi connectivity index (χ4n) is 5.80. The first-order valence-corrected chi connectivity index (χ1v) is 12.6. The highest BCUT2D eigenvalue weighted by molar-refractivity contribution is 5.76. The molecule has 1 saturated heterocycles. The standard InChI is InChI=1S/C27H42O6/c1-7-27(5,6)26(31)33-25-23(17(4)28)16(3)12-18-9-8-15(2)21(24(18)25)11-10-20-13-19(29)14-22(30)32-20/h8-9,12,15-17,19-21,23-25,28-29H,7,10-11,13-14H2,1-6H3/t15-,16-,17-,19+,20+,21-,23-,24-,25-/m0/s1. The van der Waals surface area contributed by atoms with Crippen LogP contribution in [0.25, 0.3) is 0 Å². The van der Waals surface area contributed by atoms with E-state index in [9.17, 15) is 19.8 Å². The quantitative estimate of drug-likeness (QED) is 0.551. The SMILES string of the molecule is CCC(C)(C)C(=O)O[C@@H]1[C@H]2C(=C[C@H](C)[C@H]1[C@H](C)O)C=C[C@H](C)[C@@H]2CC[C@@H]1C[C@@H](O)CC(=O)O1. The zero-order chi connectivity index (χ0) is 24.5. The van der Waals surface area contributed by atoms with Crippen molar-refractivity contribution >= 4 is 11.9 Å². The number of rotatable bonds is 7.